The third-order valence-electron chi connectivity index (χ3n) is 3.27. The van der Waals surface area contributed by atoms with Crippen molar-refractivity contribution in [2.75, 3.05) is 13.1 Å². The van der Waals surface area contributed by atoms with E-state index in [0.717, 1.165) is 25.9 Å². The SMILES string of the molecule is CC(OC(=O)C(=O)c1cccs1)C1CCNCC1. The zero-order valence-corrected chi connectivity index (χ0v) is 11.2. The molecule has 0 aromatic carbocycles. The number of piperidine rings is 1. The summed E-state index contributed by atoms with van der Waals surface area (Å²) in [7, 11) is 0. The molecule has 5 heteroatoms. The number of ether oxygens (including phenoxy) is 1. The second-order valence-corrected chi connectivity index (χ2v) is 5.45. The Bertz CT molecular complexity index is 410. The quantitative estimate of drug-likeness (QED) is 0.514. The molecule has 0 radical (unpaired) electrons. The molecule has 1 unspecified atom stereocenters. The van der Waals surface area contributed by atoms with Gasteiger partial charge in [0.2, 0.25) is 0 Å². The third-order valence-corrected chi connectivity index (χ3v) is 4.14. The third kappa shape index (κ3) is 3.17. The van der Waals surface area contributed by atoms with E-state index in [1.54, 1.807) is 17.5 Å². The van der Waals surface area contributed by atoms with E-state index in [2.05, 4.69) is 5.32 Å². The zero-order valence-electron chi connectivity index (χ0n) is 10.3. The molecule has 1 aromatic heterocycles. The molecule has 1 aromatic rings. The predicted molar refractivity (Wildman–Crippen MR) is 69.8 cm³/mol. The van der Waals surface area contributed by atoms with Crippen molar-refractivity contribution in [1.82, 2.24) is 5.32 Å². The molecule has 18 heavy (non-hydrogen) atoms. The normalized spacial score (nSPS) is 18.3. The summed E-state index contributed by atoms with van der Waals surface area (Å²) in [5, 5.41) is 5.04. The smallest absolute Gasteiger partial charge is 0.380 e. The van der Waals surface area contributed by atoms with Crippen molar-refractivity contribution in [1.29, 1.82) is 0 Å². The molecule has 0 saturated carbocycles. The molecule has 2 heterocycles. The fourth-order valence-electron chi connectivity index (χ4n) is 2.14. The van der Waals surface area contributed by atoms with Crippen LogP contribution in [0.2, 0.25) is 0 Å². The maximum Gasteiger partial charge on any atom is 0.380 e. The predicted octanol–water partition coefficient (Wildman–Crippen LogP) is 1.86. The van der Waals surface area contributed by atoms with Gasteiger partial charge in [-0.05, 0) is 50.2 Å². The molecule has 0 amide bonds. The number of nitrogens with one attached hydrogen (secondary N) is 1. The van der Waals surface area contributed by atoms with Gasteiger partial charge in [-0.2, -0.15) is 0 Å². The average Bonchev–Trinajstić information content (AvgIpc) is 2.92. The van der Waals surface area contributed by atoms with Crippen LogP contribution in [0.1, 0.15) is 29.4 Å². The minimum atomic E-state index is -0.733. The van der Waals surface area contributed by atoms with Crippen molar-refractivity contribution < 1.29 is 14.3 Å². The molecule has 4 nitrogen and oxygen atoms in total. The number of hydrogen-bond acceptors (Lipinski definition) is 5. The number of rotatable bonds is 4. The Morgan fingerprint density at radius 2 is 2.17 bits per heavy atom. The molecule has 98 valence electrons. The van der Waals surface area contributed by atoms with Crippen molar-refractivity contribution in [3.05, 3.63) is 22.4 Å². The van der Waals surface area contributed by atoms with E-state index in [1.807, 2.05) is 6.92 Å². The highest BCUT2D eigenvalue weighted by Gasteiger charge is 2.26. The van der Waals surface area contributed by atoms with Crippen LogP contribution in [0.5, 0.6) is 0 Å². The summed E-state index contributed by atoms with van der Waals surface area (Å²) in [4.78, 5) is 23.9. The largest absolute Gasteiger partial charge is 0.456 e. The fourth-order valence-corrected chi connectivity index (χ4v) is 2.79. The Morgan fingerprint density at radius 1 is 1.44 bits per heavy atom. The Morgan fingerprint density at radius 3 is 2.78 bits per heavy atom. The first-order valence-corrected chi connectivity index (χ1v) is 7.06. The lowest BCUT2D eigenvalue weighted by Gasteiger charge is -2.27. The molecular formula is C13H17NO3S. The number of carbonyl (C=O) groups excluding carboxylic acids is 2. The minimum absolute atomic E-state index is 0.191. The molecule has 1 fully saturated rings. The van der Waals surface area contributed by atoms with Crippen LogP contribution in [0.4, 0.5) is 0 Å². The maximum atomic E-state index is 11.7. The first-order chi connectivity index (χ1) is 8.68. The van der Waals surface area contributed by atoms with Gasteiger partial charge in [0.1, 0.15) is 6.10 Å². The Hall–Kier alpha value is -1.20. The summed E-state index contributed by atoms with van der Waals surface area (Å²) < 4.78 is 5.27. The number of Topliss-reactive ketones (excluding diaryl/α,β-unsaturated/α-hetero) is 1. The highest BCUT2D eigenvalue weighted by Crippen LogP contribution is 2.19. The molecular weight excluding hydrogens is 250 g/mol. The number of thiophene rings is 1. The van der Waals surface area contributed by atoms with E-state index in [0.29, 0.717) is 10.8 Å². The van der Waals surface area contributed by atoms with E-state index >= 15 is 0 Å². The van der Waals surface area contributed by atoms with Crippen LogP contribution < -0.4 is 5.32 Å². The maximum absolute atomic E-state index is 11.7. The Kier molecular flexibility index (Phi) is 4.49. The Balaban J connectivity index is 1.88. The lowest BCUT2D eigenvalue weighted by atomic mass is 9.93. The average molecular weight is 267 g/mol. The van der Waals surface area contributed by atoms with Gasteiger partial charge in [0.25, 0.3) is 5.78 Å². The molecule has 1 saturated heterocycles. The second kappa shape index (κ2) is 6.11. The van der Waals surface area contributed by atoms with Crippen LogP contribution in [-0.2, 0) is 9.53 Å². The highest BCUT2D eigenvalue weighted by molar-refractivity contribution is 7.12. The lowest BCUT2D eigenvalue weighted by Crippen LogP contribution is -2.36. The molecule has 1 N–H and O–H groups in total. The first-order valence-electron chi connectivity index (χ1n) is 6.18. The fraction of sp³-hybridized carbons (Fsp3) is 0.538. The van der Waals surface area contributed by atoms with Crippen molar-refractivity contribution >= 4 is 23.1 Å². The molecule has 0 bridgehead atoms. The molecule has 0 spiro atoms. The van der Waals surface area contributed by atoms with Gasteiger partial charge in [0.15, 0.2) is 0 Å². The van der Waals surface area contributed by atoms with Gasteiger partial charge >= 0.3 is 5.97 Å². The number of hydrogen-bond donors (Lipinski definition) is 1. The number of esters is 1. The summed E-state index contributed by atoms with van der Waals surface area (Å²) in [5.41, 5.74) is 0. The van der Waals surface area contributed by atoms with Crippen LogP contribution in [-0.4, -0.2) is 30.9 Å². The van der Waals surface area contributed by atoms with E-state index in [4.69, 9.17) is 4.74 Å². The van der Waals surface area contributed by atoms with Gasteiger partial charge < -0.3 is 10.1 Å². The van der Waals surface area contributed by atoms with Gasteiger partial charge in [0, 0.05) is 0 Å². The summed E-state index contributed by atoms with van der Waals surface area (Å²) in [6.45, 7) is 3.77. The minimum Gasteiger partial charge on any atom is -0.456 e. The van der Waals surface area contributed by atoms with Gasteiger partial charge in [0.05, 0.1) is 4.88 Å². The standard InChI is InChI=1S/C13H17NO3S/c1-9(10-4-6-14-7-5-10)17-13(16)12(15)11-3-2-8-18-11/h2-3,8-10,14H,4-7H2,1H3. The number of ketones is 1. The highest BCUT2D eigenvalue weighted by atomic mass is 32.1. The summed E-state index contributed by atoms with van der Waals surface area (Å²) in [6.07, 6.45) is 1.78. The van der Waals surface area contributed by atoms with E-state index in [1.165, 1.54) is 11.3 Å². The molecule has 0 aliphatic carbocycles. The van der Waals surface area contributed by atoms with Crippen molar-refractivity contribution in [3.8, 4) is 0 Å². The molecule has 1 aliphatic rings. The molecule has 1 aliphatic heterocycles. The van der Waals surface area contributed by atoms with E-state index in [9.17, 15) is 9.59 Å². The van der Waals surface area contributed by atoms with E-state index < -0.39 is 11.8 Å². The van der Waals surface area contributed by atoms with Gasteiger partial charge in [-0.1, -0.05) is 6.07 Å². The topological polar surface area (TPSA) is 55.4 Å². The van der Waals surface area contributed by atoms with E-state index in [-0.39, 0.29) is 6.10 Å². The lowest BCUT2D eigenvalue weighted by molar-refractivity contribution is -0.145. The van der Waals surface area contributed by atoms with Gasteiger partial charge in [-0.25, -0.2) is 4.79 Å². The second-order valence-electron chi connectivity index (χ2n) is 4.50. The van der Waals surface area contributed by atoms with Crippen molar-refractivity contribution in [2.24, 2.45) is 5.92 Å². The van der Waals surface area contributed by atoms with Crippen molar-refractivity contribution in [3.63, 3.8) is 0 Å². The van der Waals surface area contributed by atoms with Crippen LogP contribution in [0.3, 0.4) is 0 Å². The van der Waals surface area contributed by atoms with Gasteiger partial charge in [-0.15, -0.1) is 11.3 Å². The molecule has 1 atom stereocenters. The molecule has 2 rings (SSSR count). The van der Waals surface area contributed by atoms with Gasteiger partial charge in [-0.3, -0.25) is 4.79 Å². The first kappa shape index (κ1) is 13.2. The van der Waals surface area contributed by atoms with Crippen LogP contribution in [0, 0.1) is 5.92 Å². The van der Waals surface area contributed by atoms with Crippen LogP contribution in [0.25, 0.3) is 0 Å². The van der Waals surface area contributed by atoms with Crippen LogP contribution >= 0.6 is 11.3 Å². The Labute approximate surface area is 110 Å². The number of carbonyl (C=O) groups is 2. The zero-order chi connectivity index (χ0) is 13.0. The summed E-state index contributed by atoms with van der Waals surface area (Å²) >= 11 is 1.26. The summed E-state index contributed by atoms with van der Waals surface area (Å²) in [5.74, 6) is -0.916. The van der Waals surface area contributed by atoms with Crippen LogP contribution in [0.15, 0.2) is 17.5 Å². The van der Waals surface area contributed by atoms with Crippen molar-refractivity contribution in [2.45, 2.75) is 25.9 Å². The summed E-state index contributed by atoms with van der Waals surface area (Å²) in [6, 6.07) is 3.39. The monoisotopic (exact) mass is 267 g/mol.